The molecule has 17 heavy (non-hydrogen) atoms. The number of nitrogens with two attached hydrogens (primary N) is 1. The van der Waals surface area contributed by atoms with Crippen molar-refractivity contribution in [1.29, 1.82) is 0 Å². The Bertz CT molecular complexity index is 688. The molecule has 0 saturated carbocycles. The molecule has 2 aromatic rings. The fourth-order valence-electron chi connectivity index (χ4n) is 2.04. The molecule has 3 N–H and O–H groups in total. The van der Waals surface area contributed by atoms with E-state index in [9.17, 15) is 0 Å². The zero-order chi connectivity index (χ0) is 11.8. The number of hydrogen-bond donors (Lipinski definition) is 2. The van der Waals surface area contributed by atoms with Crippen LogP contribution in [-0.4, -0.2) is 5.11 Å². The quantitative estimate of drug-likeness (QED) is 0.767. The topological polar surface area (TPSA) is 58.6 Å². The molecule has 0 atom stereocenters. The number of hydrogen-bond acceptors (Lipinski definition) is 4. The SMILES string of the molecule is NC1=c2ccc(CO)cc2=NCc2sccc21. The van der Waals surface area contributed by atoms with E-state index in [1.165, 1.54) is 4.88 Å². The highest BCUT2D eigenvalue weighted by molar-refractivity contribution is 7.10. The van der Waals surface area contributed by atoms with Crippen LogP contribution in [0.3, 0.4) is 0 Å². The highest BCUT2D eigenvalue weighted by Gasteiger charge is 2.10. The van der Waals surface area contributed by atoms with Crippen LogP contribution in [0.5, 0.6) is 0 Å². The summed E-state index contributed by atoms with van der Waals surface area (Å²) in [4.78, 5) is 5.76. The first-order valence-electron chi connectivity index (χ1n) is 5.40. The van der Waals surface area contributed by atoms with Gasteiger partial charge in [-0.3, -0.25) is 4.99 Å². The van der Waals surface area contributed by atoms with Gasteiger partial charge < -0.3 is 10.8 Å². The largest absolute Gasteiger partial charge is 0.398 e. The average Bonchev–Trinajstić information content (AvgIpc) is 2.79. The Morgan fingerprint density at radius 2 is 2.24 bits per heavy atom. The summed E-state index contributed by atoms with van der Waals surface area (Å²) in [6.07, 6.45) is 0. The van der Waals surface area contributed by atoms with Crippen LogP contribution in [0.25, 0.3) is 5.70 Å². The van der Waals surface area contributed by atoms with E-state index < -0.39 is 0 Å². The van der Waals surface area contributed by atoms with E-state index in [0.29, 0.717) is 6.54 Å². The molecule has 0 saturated heterocycles. The predicted molar refractivity (Wildman–Crippen MR) is 67.9 cm³/mol. The Hall–Kier alpha value is -1.65. The Morgan fingerprint density at radius 1 is 1.35 bits per heavy atom. The third kappa shape index (κ3) is 1.66. The van der Waals surface area contributed by atoms with E-state index in [-0.39, 0.29) is 6.61 Å². The molecule has 0 bridgehead atoms. The predicted octanol–water partition coefficient (Wildman–Crippen LogP) is 0.489. The van der Waals surface area contributed by atoms with Crippen LogP contribution in [0, 0.1) is 0 Å². The molecule has 0 amide bonds. The average molecular weight is 244 g/mol. The van der Waals surface area contributed by atoms with Crippen molar-refractivity contribution >= 4 is 17.0 Å². The lowest BCUT2D eigenvalue weighted by molar-refractivity contribution is 0.281. The molecule has 3 rings (SSSR count). The summed E-state index contributed by atoms with van der Waals surface area (Å²) >= 11 is 1.68. The van der Waals surface area contributed by atoms with Crippen LogP contribution in [-0.2, 0) is 13.2 Å². The van der Waals surface area contributed by atoms with E-state index in [1.807, 2.05) is 29.6 Å². The summed E-state index contributed by atoms with van der Waals surface area (Å²) in [5, 5.41) is 13.0. The van der Waals surface area contributed by atoms with Gasteiger partial charge in [-0.05, 0) is 23.1 Å². The van der Waals surface area contributed by atoms with E-state index in [2.05, 4.69) is 4.99 Å². The number of rotatable bonds is 1. The minimum Gasteiger partial charge on any atom is -0.398 e. The van der Waals surface area contributed by atoms with Crippen molar-refractivity contribution in [2.75, 3.05) is 0 Å². The Labute approximate surface area is 103 Å². The van der Waals surface area contributed by atoms with Gasteiger partial charge in [0.25, 0.3) is 0 Å². The van der Waals surface area contributed by atoms with Gasteiger partial charge in [-0.1, -0.05) is 12.1 Å². The maximum atomic E-state index is 9.13. The van der Waals surface area contributed by atoms with Gasteiger partial charge in [0.2, 0.25) is 0 Å². The van der Waals surface area contributed by atoms with Crippen molar-refractivity contribution in [1.82, 2.24) is 0 Å². The summed E-state index contributed by atoms with van der Waals surface area (Å²) in [7, 11) is 0. The zero-order valence-corrected chi connectivity index (χ0v) is 10.00. The number of nitrogens with zero attached hydrogens (tertiary/aromatic N) is 1. The Morgan fingerprint density at radius 3 is 3.06 bits per heavy atom. The van der Waals surface area contributed by atoms with Gasteiger partial charge in [-0.15, -0.1) is 11.3 Å². The zero-order valence-electron chi connectivity index (χ0n) is 9.18. The normalized spacial score (nSPS) is 13.6. The molecule has 1 aromatic carbocycles. The molecule has 86 valence electrons. The van der Waals surface area contributed by atoms with Crippen molar-refractivity contribution in [3.05, 3.63) is 56.2 Å². The van der Waals surface area contributed by atoms with Crippen LogP contribution in [0.1, 0.15) is 16.0 Å². The molecule has 0 radical (unpaired) electrons. The molecule has 3 nitrogen and oxygen atoms in total. The van der Waals surface area contributed by atoms with Gasteiger partial charge in [0.05, 0.1) is 18.5 Å². The summed E-state index contributed by atoms with van der Waals surface area (Å²) < 4.78 is 0. The molecule has 0 unspecified atom stereocenters. The minimum absolute atomic E-state index is 0.0322. The van der Waals surface area contributed by atoms with E-state index in [4.69, 9.17) is 10.8 Å². The Kier molecular flexibility index (Phi) is 2.46. The van der Waals surface area contributed by atoms with Crippen LogP contribution >= 0.6 is 11.3 Å². The van der Waals surface area contributed by atoms with Crippen molar-refractivity contribution < 1.29 is 5.11 Å². The van der Waals surface area contributed by atoms with Crippen molar-refractivity contribution in [3.8, 4) is 0 Å². The van der Waals surface area contributed by atoms with Gasteiger partial charge in [-0.25, -0.2) is 0 Å². The molecule has 1 aromatic heterocycles. The van der Waals surface area contributed by atoms with Crippen LogP contribution in [0.4, 0.5) is 0 Å². The van der Waals surface area contributed by atoms with Crippen molar-refractivity contribution in [2.45, 2.75) is 13.2 Å². The summed E-state index contributed by atoms with van der Waals surface area (Å²) in [5.74, 6) is 0. The number of thiophene rings is 1. The summed E-state index contributed by atoms with van der Waals surface area (Å²) in [6.45, 7) is 0.695. The van der Waals surface area contributed by atoms with Crippen molar-refractivity contribution in [2.24, 2.45) is 10.7 Å². The Balaban J connectivity index is 2.36. The van der Waals surface area contributed by atoms with Gasteiger partial charge >= 0.3 is 0 Å². The number of aliphatic hydroxyl groups excluding tert-OH is 1. The lowest BCUT2D eigenvalue weighted by Gasteiger charge is -2.00. The molecule has 0 fully saturated rings. The third-order valence-electron chi connectivity index (χ3n) is 2.96. The maximum Gasteiger partial charge on any atom is 0.0746 e. The first-order chi connectivity index (χ1) is 8.29. The lowest BCUT2D eigenvalue weighted by atomic mass is 10.1. The third-order valence-corrected chi connectivity index (χ3v) is 3.87. The molecule has 4 heteroatoms. The van der Waals surface area contributed by atoms with Gasteiger partial charge in [-0.2, -0.15) is 0 Å². The van der Waals surface area contributed by atoms with Crippen LogP contribution < -0.4 is 16.3 Å². The van der Waals surface area contributed by atoms with Crippen LogP contribution in [0.15, 0.2) is 34.6 Å². The van der Waals surface area contributed by atoms with E-state index in [0.717, 1.165) is 27.4 Å². The molecule has 1 aliphatic rings. The number of benzene rings is 1. The second kappa shape index (κ2) is 3.98. The first kappa shape index (κ1) is 10.5. The second-order valence-corrected chi connectivity index (χ2v) is 5.00. The smallest absolute Gasteiger partial charge is 0.0746 e. The molecule has 0 spiro atoms. The molecule has 1 aliphatic heterocycles. The second-order valence-electron chi connectivity index (χ2n) is 4.00. The number of aliphatic hydroxyl groups is 1. The van der Waals surface area contributed by atoms with Gasteiger partial charge in [0.1, 0.15) is 0 Å². The fourth-order valence-corrected chi connectivity index (χ4v) is 2.85. The monoisotopic (exact) mass is 244 g/mol. The lowest BCUT2D eigenvalue weighted by Crippen LogP contribution is -2.29. The fraction of sp³-hybridized carbons (Fsp3) is 0.154. The van der Waals surface area contributed by atoms with Crippen molar-refractivity contribution in [3.63, 3.8) is 0 Å². The first-order valence-corrected chi connectivity index (χ1v) is 6.28. The van der Waals surface area contributed by atoms with E-state index >= 15 is 0 Å². The number of fused-ring (bicyclic) bond motifs is 2. The maximum absolute atomic E-state index is 9.13. The standard InChI is InChI=1S/C13H12N2OS/c14-13-9-2-1-8(7-16)5-11(9)15-6-12-10(13)3-4-17-12/h1-5,16H,6-7,14H2. The summed E-state index contributed by atoms with van der Waals surface area (Å²) in [6, 6.07) is 7.77. The molecule has 2 heterocycles. The van der Waals surface area contributed by atoms with Gasteiger partial charge in [0, 0.05) is 21.4 Å². The highest BCUT2D eigenvalue weighted by Crippen LogP contribution is 2.21. The highest BCUT2D eigenvalue weighted by atomic mass is 32.1. The summed E-state index contributed by atoms with van der Waals surface area (Å²) in [5.41, 5.74) is 8.93. The van der Waals surface area contributed by atoms with Gasteiger partial charge in [0.15, 0.2) is 0 Å². The van der Waals surface area contributed by atoms with Crippen LogP contribution in [0.2, 0.25) is 0 Å². The molecule has 0 aliphatic carbocycles. The molecular formula is C13H12N2OS. The van der Waals surface area contributed by atoms with E-state index in [1.54, 1.807) is 11.3 Å². The minimum atomic E-state index is 0.0322. The molecular weight excluding hydrogens is 232 g/mol.